The Hall–Kier alpha value is -0.610. The molecular weight excluding hydrogens is 216 g/mol. The first-order valence-corrected chi connectivity index (χ1v) is 6.67. The molecule has 100 valence electrons. The van der Waals surface area contributed by atoms with Gasteiger partial charge in [-0.15, -0.1) is 0 Å². The van der Waals surface area contributed by atoms with E-state index in [-0.39, 0.29) is 5.91 Å². The molecule has 0 heterocycles. The van der Waals surface area contributed by atoms with Gasteiger partial charge in [0.1, 0.15) is 0 Å². The lowest BCUT2D eigenvalue weighted by Gasteiger charge is -2.35. The molecule has 0 unspecified atom stereocenters. The molecule has 1 saturated carbocycles. The first-order chi connectivity index (χ1) is 8.17. The Labute approximate surface area is 105 Å². The number of nitrogens with zero attached hydrogens (tertiary/aromatic N) is 1. The molecular formula is C13H26N2O2. The summed E-state index contributed by atoms with van der Waals surface area (Å²) < 4.78 is 5.50. The third-order valence-electron chi connectivity index (χ3n) is 3.40. The van der Waals surface area contributed by atoms with E-state index in [0.29, 0.717) is 18.4 Å². The Kier molecular flexibility index (Phi) is 6.52. The predicted octanol–water partition coefficient (Wildman–Crippen LogP) is 1.26. The van der Waals surface area contributed by atoms with Crippen LogP contribution in [0.1, 0.15) is 32.6 Å². The normalized spacial score (nSPS) is 23.2. The fourth-order valence-electron chi connectivity index (χ4n) is 2.23. The second kappa shape index (κ2) is 7.67. The van der Waals surface area contributed by atoms with Crippen molar-refractivity contribution in [2.24, 2.45) is 5.92 Å². The summed E-state index contributed by atoms with van der Waals surface area (Å²) in [6, 6.07) is 0. The van der Waals surface area contributed by atoms with Crippen LogP contribution in [0, 0.1) is 5.92 Å². The summed E-state index contributed by atoms with van der Waals surface area (Å²) in [6.07, 6.45) is 4.24. The van der Waals surface area contributed by atoms with Crippen LogP contribution in [0.3, 0.4) is 0 Å². The van der Waals surface area contributed by atoms with Crippen LogP contribution in [-0.4, -0.2) is 50.7 Å². The van der Waals surface area contributed by atoms with Crippen LogP contribution in [0.5, 0.6) is 0 Å². The lowest BCUT2D eigenvalue weighted by molar-refractivity contribution is -0.133. The Morgan fingerprint density at radius 3 is 2.76 bits per heavy atom. The number of hydrogen-bond acceptors (Lipinski definition) is 3. The van der Waals surface area contributed by atoms with Crippen LogP contribution in [0.25, 0.3) is 0 Å². The Morgan fingerprint density at radius 1 is 1.47 bits per heavy atom. The summed E-state index contributed by atoms with van der Waals surface area (Å²) >= 11 is 0. The van der Waals surface area contributed by atoms with Crippen LogP contribution in [0.2, 0.25) is 0 Å². The summed E-state index contributed by atoms with van der Waals surface area (Å²) in [7, 11) is 3.83. The number of nitrogens with one attached hydrogen (secondary N) is 1. The molecule has 0 spiro atoms. The van der Waals surface area contributed by atoms with E-state index in [1.165, 1.54) is 0 Å². The third kappa shape index (κ3) is 5.04. The van der Waals surface area contributed by atoms with Gasteiger partial charge >= 0.3 is 0 Å². The van der Waals surface area contributed by atoms with Crippen molar-refractivity contribution in [2.75, 3.05) is 33.8 Å². The molecule has 0 aromatic rings. The topological polar surface area (TPSA) is 41.6 Å². The van der Waals surface area contributed by atoms with E-state index in [2.05, 4.69) is 5.32 Å². The molecule has 1 fully saturated rings. The minimum Gasteiger partial charge on any atom is -0.378 e. The maximum atomic E-state index is 11.9. The zero-order valence-electron chi connectivity index (χ0n) is 11.4. The van der Waals surface area contributed by atoms with Crippen LogP contribution in [-0.2, 0) is 9.53 Å². The molecule has 0 aromatic carbocycles. The van der Waals surface area contributed by atoms with Gasteiger partial charge < -0.3 is 15.0 Å². The van der Waals surface area contributed by atoms with Gasteiger partial charge in [-0.05, 0) is 45.7 Å². The number of amides is 1. The van der Waals surface area contributed by atoms with Crippen LogP contribution < -0.4 is 5.32 Å². The van der Waals surface area contributed by atoms with E-state index >= 15 is 0 Å². The molecule has 0 aromatic heterocycles. The minimum absolute atomic E-state index is 0.279. The first-order valence-electron chi connectivity index (χ1n) is 6.67. The van der Waals surface area contributed by atoms with Gasteiger partial charge in [-0.2, -0.15) is 0 Å². The molecule has 4 heteroatoms. The minimum atomic E-state index is 0.279. The van der Waals surface area contributed by atoms with E-state index in [1.807, 2.05) is 25.9 Å². The van der Waals surface area contributed by atoms with E-state index in [4.69, 9.17) is 4.74 Å². The molecule has 1 aliphatic carbocycles. The predicted molar refractivity (Wildman–Crippen MR) is 68.9 cm³/mol. The lowest BCUT2D eigenvalue weighted by atomic mass is 9.80. The van der Waals surface area contributed by atoms with E-state index < -0.39 is 0 Å². The van der Waals surface area contributed by atoms with Gasteiger partial charge in [-0.3, -0.25) is 4.79 Å². The molecule has 0 aliphatic heterocycles. The zero-order valence-corrected chi connectivity index (χ0v) is 11.4. The van der Waals surface area contributed by atoms with Gasteiger partial charge in [0.15, 0.2) is 0 Å². The molecule has 0 radical (unpaired) electrons. The van der Waals surface area contributed by atoms with E-state index in [0.717, 1.165) is 39.0 Å². The smallest absolute Gasteiger partial charge is 0.222 e. The molecule has 1 amide bonds. The van der Waals surface area contributed by atoms with Crippen molar-refractivity contribution < 1.29 is 9.53 Å². The average molecular weight is 242 g/mol. The highest BCUT2D eigenvalue weighted by Crippen LogP contribution is 2.32. The average Bonchev–Trinajstić information content (AvgIpc) is 2.26. The van der Waals surface area contributed by atoms with E-state index in [1.54, 1.807) is 0 Å². The van der Waals surface area contributed by atoms with Crippen LogP contribution >= 0.6 is 0 Å². The molecule has 0 saturated heterocycles. The van der Waals surface area contributed by atoms with Crippen LogP contribution in [0.4, 0.5) is 0 Å². The molecule has 17 heavy (non-hydrogen) atoms. The SMILES string of the molecule is CCOC1CC(CC(=O)N(C)CCCNC)C1. The molecule has 4 nitrogen and oxygen atoms in total. The Morgan fingerprint density at radius 2 is 2.18 bits per heavy atom. The zero-order chi connectivity index (χ0) is 12.7. The number of hydrogen-bond donors (Lipinski definition) is 1. The van der Waals surface area contributed by atoms with Crippen molar-refractivity contribution in [3.63, 3.8) is 0 Å². The van der Waals surface area contributed by atoms with Crippen molar-refractivity contribution in [2.45, 2.75) is 38.7 Å². The summed E-state index contributed by atoms with van der Waals surface area (Å²) in [5, 5.41) is 3.09. The number of carbonyl (C=O) groups excluding carboxylic acids is 1. The second-order valence-electron chi connectivity index (χ2n) is 4.89. The highest BCUT2D eigenvalue weighted by molar-refractivity contribution is 5.76. The number of rotatable bonds is 8. The molecule has 1 rings (SSSR count). The summed E-state index contributed by atoms with van der Waals surface area (Å²) in [5.41, 5.74) is 0. The molecule has 1 aliphatic rings. The number of ether oxygens (including phenoxy) is 1. The second-order valence-corrected chi connectivity index (χ2v) is 4.89. The van der Waals surface area contributed by atoms with Gasteiger partial charge in [-0.25, -0.2) is 0 Å². The van der Waals surface area contributed by atoms with Gasteiger partial charge in [0.05, 0.1) is 6.10 Å². The fourth-order valence-corrected chi connectivity index (χ4v) is 2.23. The standard InChI is InChI=1S/C13H26N2O2/c1-4-17-12-8-11(9-12)10-13(16)15(3)7-5-6-14-2/h11-12,14H,4-10H2,1-3H3. The largest absolute Gasteiger partial charge is 0.378 e. The van der Waals surface area contributed by atoms with Crippen LogP contribution in [0.15, 0.2) is 0 Å². The van der Waals surface area contributed by atoms with Crippen molar-refractivity contribution in [1.82, 2.24) is 10.2 Å². The van der Waals surface area contributed by atoms with Crippen molar-refractivity contribution >= 4 is 5.91 Å². The van der Waals surface area contributed by atoms with Gasteiger partial charge in [0.2, 0.25) is 5.91 Å². The maximum Gasteiger partial charge on any atom is 0.222 e. The highest BCUT2D eigenvalue weighted by atomic mass is 16.5. The van der Waals surface area contributed by atoms with Crippen molar-refractivity contribution in [3.8, 4) is 0 Å². The van der Waals surface area contributed by atoms with E-state index in [9.17, 15) is 4.79 Å². The Bertz CT molecular complexity index is 227. The van der Waals surface area contributed by atoms with Gasteiger partial charge in [-0.1, -0.05) is 0 Å². The maximum absolute atomic E-state index is 11.9. The summed E-state index contributed by atoms with van der Waals surface area (Å²) in [5.74, 6) is 0.826. The molecule has 0 atom stereocenters. The quantitative estimate of drug-likeness (QED) is 0.652. The van der Waals surface area contributed by atoms with Gasteiger partial charge in [0, 0.05) is 26.6 Å². The molecule has 0 bridgehead atoms. The van der Waals surface area contributed by atoms with Crippen molar-refractivity contribution in [3.05, 3.63) is 0 Å². The summed E-state index contributed by atoms with van der Waals surface area (Å²) in [6.45, 7) is 4.62. The third-order valence-corrected chi connectivity index (χ3v) is 3.40. The lowest BCUT2D eigenvalue weighted by Crippen LogP contribution is -2.37. The highest BCUT2D eigenvalue weighted by Gasteiger charge is 2.31. The molecule has 1 N–H and O–H groups in total. The summed E-state index contributed by atoms with van der Waals surface area (Å²) in [4.78, 5) is 13.7. The monoisotopic (exact) mass is 242 g/mol. The van der Waals surface area contributed by atoms with Crippen molar-refractivity contribution in [1.29, 1.82) is 0 Å². The fraction of sp³-hybridized carbons (Fsp3) is 0.923. The Balaban J connectivity index is 2.09. The number of carbonyl (C=O) groups is 1. The van der Waals surface area contributed by atoms with Gasteiger partial charge in [0.25, 0.3) is 0 Å². The first kappa shape index (κ1) is 14.5.